The molecule has 0 bridgehead atoms. The maximum absolute atomic E-state index is 12.4. The zero-order valence-corrected chi connectivity index (χ0v) is 20.4. The van der Waals surface area contributed by atoms with Gasteiger partial charge in [-0.2, -0.15) is 0 Å². The van der Waals surface area contributed by atoms with Gasteiger partial charge in [0, 0.05) is 31.4 Å². The summed E-state index contributed by atoms with van der Waals surface area (Å²) in [6, 6.07) is 3.54. The Morgan fingerprint density at radius 2 is 2.00 bits per heavy atom. The van der Waals surface area contributed by atoms with E-state index in [2.05, 4.69) is 52.1 Å². The molecule has 0 aromatic carbocycles. The van der Waals surface area contributed by atoms with Crippen LogP contribution in [-0.2, 0) is 22.4 Å². The lowest BCUT2D eigenvalue weighted by Gasteiger charge is -2.27. The molecule has 0 radical (unpaired) electrons. The molecular weight excluding hydrogens is 442 g/mol. The van der Waals surface area contributed by atoms with Crippen molar-refractivity contribution < 1.29 is 14.3 Å². The number of nitrogens with zero attached hydrogens (tertiary/aromatic N) is 3. The highest BCUT2D eigenvalue weighted by atomic mass is 32.1. The monoisotopic (exact) mass is 473 g/mol. The van der Waals surface area contributed by atoms with E-state index in [1.807, 2.05) is 30.3 Å². The van der Waals surface area contributed by atoms with Gasteiger partial charge in [-0.05, 0) is 42.0 Å². The maximum Gasteiger partial charge on any atom is 0.326 e. The smallest absolute Gasteiger partial charge is 0.326 e. The topological polar surface area (TPSA) is 121 Å². The molecule has 0 saturated carbocycles. The van der Waals surface area contributed by atoms with Crippen molar-refractivity contribution in [2.45, 2.75) is 39.7 Å². The van der Waals surface area contributed by atoms with E-state index in [1.54, 1.807) is 12.4 Å². The first kappa shape index (κ1) is 24.6. The van der Waals surface area contributed by atoms with Crippen LogP contribution in [0.2, 0.25) is 0 Å². The Kier molecular flexibility index (Phi) is 8.01. The first-order valence-corrected chi connectivity index (χ1v) is 11.4. The van der Waals surface area contributed by atoms with Crippen LogP contribution in [0.4, 0.5) is 15.7 Å². The van der Waals surface area contributed by atoms with Crippen LogP contribution in [-0.4, -0.2) is 53.7 Å². The van der Waals surface area contributed by atoms with Gasteiger partial charge >= 0.3 is 6.03 Å². The molecular formula is C22H31N7O3S. The number of carbonyl (C=O) groups excluding carboxylic acids is 2. The molecule has 2 aromatic rings. The number of carbonyl (C=O) groups is 2. The molecule has 0 fully saturated rings. The van der Waals surface area contributed by atoms with E-state index in [1.165, 1.54) is 18.4 Å². The van der Waals surface area contributed by atoms with Gasteiger partial charge in [0.05, 0.1) is 6.04 Å². The number of rotatable bonds is 8. The van der Waals surface area contributed by atoms with Crippen molar-refractivity contribution in [1.29, 1.82) is 0 Å². The summed E-state index contributed by atoms with van der Waals surface area (Å²) in [6.07, 6.45) is 6.94. The van der Waals surface area contributed by atoms with Crippen molar-refractivity contribution >= 4 is 34.2 Å². The quantitative estimate of drug-likeness (QED) is 0.465. The third-order valence-corrected chi connectivity index (χ3v) is 5.97. The number of hydrazine groups is 1. The van der Waals surface area contributed by atoms with Crippen molar-refractivity contribution in [3.63, 3.8) is 0 Å². The number of anilines is 2. The normalized spacial score (nSPS) is 15.8. The van der Waals surface area contributed by atoms with Crippen molar-refractivity contribution in [3.05, 3.63) is 46.9 Å². The molecule has 178 valence electrons. The Labute approximate surface area is 197 Å². The van der Waals surface area contributed by atoms with Crippen molar-refractivity contribution in [1.82, 2.24) is 25.7 Å². The second kappa shape index (κ2) is 10.7. The summed E-state index contributed by atoms with van der Waals surface area (Å²) in [5.74, 6) is 0.949. The third-order valence-electron chi connectivity index (χ3n) is 4.99. The SMILES string of the molecule is COCC(=O)Nc1cc(CCc2cnc(NC(=O)NC3=CC(C(C)(C)C)NN3C)s2)ccn1. The number of amides is 3. The highest BCUT2D eigenvalue weighted by molar-refractivity contribution is 7.15. The van der Waals surface area contributed by atoms with E-state index < -0.39 is 0 Å². The number of methoxy groups -OCH3 is 1. The van der Waals surface area contributed by atoms with Crippen LogP contribution in [0, 0.1) is 5.41 Å². The van der Waals surface area contributed by atoms with Crippen LogP contribution >= 0.6 is 11.3 Å². The van der Waals surface area contributed by atoms with Gasteiger partial charge in [0.1, 0.15) is 18.2 Å². The largest absolute Gasteiger partial charge is 0.375 e. The summed E-state index contributed by atoms with van der Waals surface area (Å²) in [5, 5.41) is 10.7. The van der Waals surface area contributed by atoms with E-state index in [-0.39, 0.29) is 30.0 Å². The Hall–Kier alpha value is -3.02. The van der Waals surface area contributed by atoms with Crippen molar-refractivity contribution in [3.8, 4) is 0 Å². The van der Waals surface area contributed by atoms with Crippen LogP contribution in [0.3, 0.4) is 0 Å². The molecule has 11 heteroatoms. The standard InChI is InChI=1S/C22H31N7O3S/c1-22(2,3)16-11-18(29(4)28-16)26-20(31)27-21-24-12-15(33-21)7-6-14-8-9-23-17(10-14)25-19(30)13-32-5/h8-12,16,28H,6-7,13H2,1-5H3,(H,23,25,30)(H2,24,26,27,31). The molecule has 3 rings (SSSR count). The summed E-state index contributed by atoms with van der Waals surface area (Å²) in [7, 11) is 3.34. The van der Waals surface area contributed by atoms with Gasteiger partial charge in [0.2, 0.25) is 0 Å². The molecule has 0 aliphatic carbocycles. The number of aryl methyl sites for hydroxylation is 2. The van der Waals surface area contributed by atoms with Gasteiger partial charge in [-0.3, -0.25) is 20.4 Å². The minimum absolute atomic E-state index is 0.0165. The fourth-order valence-electron chi connectivity index (χ4n) is 3.16. The maximum atomic E-state index is 12.4. The number of aromatic nitrogens is 2. The minimum atomic E-state index is -0.337. The average Bonchev–Trinajstić information content (AvgIpc) is 3.33. The van der Waals surface area contributed by atoms with Crippen LogP contribution in [0.25, 0.3) is 0 Å². The molecule has 33 heavy (non-hydrogen) atoms. The average molecular weight is 474 g/mol. The number of hydrogen-bond donors (Lipinski definition) is 4. The molecule has 3 heterocycles. The second-order valence-corrected chi connectivity index (χ2v) is 9.94. The third kappa shape index (κ3) is 7.24. The predicted octanol–water partition coefficient (Wildman–Crippen LogP) is 2.74. The minimum Gasteiger partial charge on any atom is -0.375 e. The molecule has 1 aliphatic rings. The Bertz CT molecular complexity index is 1020. The Morgan fingerprint density at radius 3 is 2.70 bits per heavy atom. The van der Waals surface area contributed by atoms with Crippen LogP contribution in [0.5, 0.6) is 0 Å². The van der Waals surface area contributed by atoms with E-state index >= 15 is 0 Å². The summed E-state index contributed by atoms with van der Waals surface area (Å²) in [6.45, 7) is 6.40. The molecule has 1 atom stereocenters. The van der Waals surface area contributed by atoms with E-state index in [9.17, 15) is 9.59 Å². The highest BCUT2D eigenvalue weighted by Crippen LogP contribution is 2.25. The number of thiazole rings is 1. The van der Waals surface area contributed by atoms with Gasteiger partial charge in [0.25, 0.3) is 5.91 Å². The van der Waals surface area contributed by atoms with Gasteiger partial charge in [0.15, 0.2) is 5.13 Å². The molecule has 1 unspecified atom stereocenters. The first-order chi connectivity index (χ1) is 15.6. The Morgan fingerprint density at radius 1 is 1.21 bits per heavy atom. The molecule has 0 spiro atoms. The van der Waals surface area contributed by atoms with Gasteiger partial charge < -0.3 is 10.1 Å². The van der Waals surface area contributed by atoms with Gasteiger partial charge in [-0.25, -0.2) is 20.2 Å². The second-order valence-electron chi connectivity index (χ2n) is 8.83. The highest BCUT2D eigenvalue weighted by Gasteiger charge is 2.30. The van der Waals surface area contributed by atoms with Crippen LogP contribution in [0.15, 0.2) is 36.4 Å². The Balaban J connectivity index is 1.50. The van der Waals surface area contributed by atoms with E-state index in [0.29, 0.717) is 16.8 Å². The van der Waals surface area contributed by atoms with Crippen molar-refractivity contribution in [2.24, 2.45) is 5.41 Å². The number of hydrogen-bond acceptors (Lipinski definition) is 8. The van der Waals surface area contributed by atoms with E-state index in [0.717, 1.165) is 23.3 Å². The number of nitrogens with one attached hydrogen (secondary N) is 4. The van der Waals surface area contributed by atoms with Gasteiger partial charge in [-0.15, -0.1) is 11.3 Å². The van der Waals surface area contributed by atoms with Crippen molar-refractivity contribution in [2.75, 3.05) is 31.4 Å². The van der Waals surface area contributed by atoms with Crippen LogP contribution < -0.4 is 21.4 Å². The molecule has 4 N–H and O–H groups in total. The molecule has 0 saturated heterocycles. The number of urea groups is 1. The fraction of sp³-hybridized carbons (Fsp3) is 0.455. The summed E-state index contributed by atoms with van der Waals surface area (Å²) in [4.78, 5) is 33.6. The van der Waals surface area contributed by atoms with Crippen LogP contribution in [0.1, 0.15) is 31.2 Å². The molecule has 1 aliphatic heterocycles. The number of ether oxygens (including phenoxy) is 1. The first-order valence-electron chi connectivity index (χ1n) is 10.6. The zero-order valence-electron chi connectivity index (χ0n) is 19.6. The lowest BCUT2D eigenvalue weighted by Crippen LogP contribution is -2.43. The predicted molar refractivity (Wildman–Crippen MR) is 129 cm³/mol. The van der Waals surface area contributed by atoms with E-state index in [4.69, 9.17) is 4.74 Å². The summed E-state index contributed by atoms with van der Waals surface area (Å²) in [5.41, 5.74) is 4.39. The summed E-state index contributed by atoms with van der Waals surface area (Å²) < 4.78 is 4.81. The lowest BCUT2D eigenvalue weighted by molar-refractivity contribution is -0.119. The number of pyridine rings is 1. The molecule has 2 aromatic heterocycles. The fourth-order valence-corrected chi connectivity index (χ4v) is 3.96. The lowest BCUT2D eigenvalue weighted by atomic mass is 9.87. The molecule has 3 amide bonds. The molecule has 10 nitrogen and oxygen atoms in total. The summed E-state index contributed by atoms with van der Waals surface area (Å²) >= 11 is 1.43. The zero-order chi connectivity index (χ0) is 24.0. The van der Waals surface area contributed by atoms with Gasteiger partial charge in [-0.1, -0.05) is 20.8 Å².